The lowest BCUT2D eigenvalue weighted by Gasteiger charge is -2.35. The number of unbranched alkanes of at least 4 members (excludes halogenated alkanes) is 39. The Hall–Kier alpha value is -5.59. The van der Waals surface area contributed by atoms with Gasteiger partial charge < -0.3 is 42.9 Å². The van der Waals surface area contributed by atoms with Gasteiger partial charge in [-0.3, -0.25) is 19.1 Å². The van der Waals surface area contributed by atoms with Crippen LogP contribution in [0.3, 0.4) is 0 Å². The Morgan fingerprint density at radius 1 is 0.354 bits per heavy atom. The molecule has 0 fully saturated rings. The fourth-order valence-corrected chi connectivity index (χ4v) is 16.0. The van der Waals surface area contributed by atoms with E-state index in [1.807, 2.05) is 17.6 Å². The molecule has 4 aliphatic heterocycles. The van der Waals surface area contributed by atoms with Crippen LogP contribution in [0.1, 0.15) is 362 Å². The zero-order valence-electron chi connectivity index (χ0n) is 73.8. The molecule has 4 aromatic carbocycles. The molecule has 16 heteroatoms. The van der Waals surface area contributed by atoms with Crippen molar-refractivity contribution in [1.82, 2.24) is 38.6 Å². The number of hydrogen-bond donors (Lipinski definition) is 2. The fraction of sp³-hybridized carbons (Fsp3) is 0.670. The number of benzene rings is 4. The number of fused-ring (bicyclic) bond motifs is 4. The zero-order valence-corrected chi connectivity index (χ0v) is 77.5. The van der Waals surface area contributed by atoms with Gasteiger partial charge in [0.25, 0.3) is 11.1 Å². The number of rotatable bonds is 53. The van der Waals surface area contributed by atoms with Gasteiger partial charge >= 0.3 is 11.4 Å². The Balaban J connectivity index is 0.000000346. The Bertz CT molecular complexity index is 4090. The van der Waals surface area contributed by atoms with Crippen LogP contribution >= 0.6 is 15.9 Å². The van der Waals surface area contributed by atoms with E-state index in [4.69, 9.17) is 4.98 Å². The van der Waals surface area contributed by atoms with E-state index >= 15 is 0 Å². The highest BCUT2D eigenvalue weighted by Gasteiger charge is 2.25. The van der Waals surface area contributed by atoms with Gasteiger partial charge in [0, 0.05) is 42.8 Å². The van der Waals surface area contributed by atoms with Gasteiger partial charge in [0.15, 0.2) is 23.0 Å². The molecule has 0 aliphatic carbocycles. The normalized spacial score (nSPS) is 11.4. The summed E-state index contributed by atoms with van der Waals surface area (Å²) in [6.45, 7) is 37.4. The summed E-state index contributed by atoms with van der Waals surface area (Å²) in [7, 11) is 0. The maximum absolute atomic E-state index is 13.7. The van der Waals surface area contributed by atoms with E-state index in [-0.39, 0.29) is 35.2 Å². The SMILES string of the molecule is CCCCCCCCCCCCCCCCNc1ccc(C)c(C)c1.CCCCCCCCCCCCCCCCn1c2nc(=O)[nH]c(=O)c-2nc2cc(C)c(C)cc21.CCCCCCCCCCCCCCCCn1c2nc(=O)n(CCC[N+](CC)(CC)CC)c(=O)c-2nc2cc(C)c(C)cc21.Cc1ccc(Br)cc1C.[I-]. The summed E-state index contributed by atoms with van der Waals surface area (Å²) in [6, 6.07) is 21.3. The Labute approximate surface area is 710 Å². The maximum Gasteiger partial charge on any atom is 0.352 e. The van der Waals surface area contributed by atoms with Crippen molar-refractivity contribution in [2.45, 2.75) is 393 Å². The summed E-state index contributed by atoms with van der Waals surface area (Å²) in [5.41, 5.74) is 13.5. The number of nitrogens with one attached hydrogen (secondary N) is 2. The molecular weight excluding hydrogens is 1580 g/mol. The first kappa shape index (κ1) is 99.8. The largest absolute Gasteiger partial charge is 1.00 e. The van der Waals surface area contributed by atoms with Crippen LogP contribution in [0, 0.1) is 55.4 Å². The number of anilines is 1. The molecule has 8 rings (SSSR count). The molecule has 0 atom stereocenters. The molecule has 113 heavy (non-hydrogen) atoms. The van der Waals surface area contributed by atoms with Crippen molar-refractivity contribution in [3.05, 3.63) is 151 Å². The summed E-state index contributed by atoms with van der Waals surface area (Å²) in [4.78, 5) is 71.4. The smallest absolute Gasteiger partial charge is 0.352 e. The van der Waals surface area contributed by atoms with Crippen LogP contribution in [-0.2, 0) is 19.6 Å². The number of aromatic nitrogens is 8. The van der Waals surface area contributed by atoms with Crippen LogP contribution in [0.25, 0.3) is 45.1 Å². The predicted molar refractivity (Wildman–Crippen MR) is 485 cm³/mol. The molecule has 0 unspecified atom stereocenters. The van der Waals surface area contributed by atoms with E-state index in [2.05, 4.69) is 190 Å². The van der Waals surface area contributed by atoms with Crippen molar-refractivity contribution in [1.29, 1.82) is 0 Å². The third-order valence-corrected chi connectivity index (χ3v) is 24.5. The first-order valence-electron chi connectivity index (χ1n) is 45.5. The lowest BCUT2D eigenvalue weighted by molar-refractivity contribution is -0.923. The molecule has 0 saturated carbocycles. The third kappa shape index (κ3) is 36.9. The van der Waals surface area contributed by atoms with Crippen molar-refractivity contribution in [3.63, 3.8) is 0 Å². The van der Waals surface area contributed by atoms with Gasteiger partial charge in [0.1, 0.15) is 0 Å². The summed E-state index contributed by atoms with van der Waals surface area (Å²) in [5.74, 6) is 0.821. The monoisotopic (exact) mass is 1730 g/mol. The molecule has 4 heterocycles. The van der Waals surface area contributed by atoms with Gasteiger partial charge in [0.05, 0.1) is 48.2 Å². The van der Waals surface area contributed by atoms with Gasteiger partial charge in [-0.2, -0.15) is 9.97 Å². The highest BCUT2D eigenvalue weighted by molar-refractivity contribution is 9.10. The average Bonchev–Trinajstić information content (AvgIpc) is 0.756. The molecule has 0 radical (unpaired) electrons. The average molecular weight is 1730 g/mol. The van der Waals surface area contributed by atoms with E-state index < -0.39 is 16.9 Å². The third-order valence-electron chi connectivity index (χ3n) is 24.0. The number of aryl methyl sites for hydroxylation is 10. The van der Waals surface area contributed by atoms with Crippen LogP contribution in [0.4, 0.5) is 5.69 Å². The summed E-state index contributed by atoms with van der Waals surface area (Å²) in [5, 5.41) is 3.56. The van der Waals surface area contributed by atoms with Gasteiger partial charge in [0.2, 0.25) is 0 Å². The molecule has 0 aromatic heterocycles. The van der Waals surface area contributed by atoms with Crippen molar-refractivity contribution in [2.24, 2.45) is 0 Å². The number of halogens is 2. The highest BCUT2D eigenvalue weighted by Crippen LogP contribution is 2.28. The van der Waals surface area contributed by atoms with Crippen LogP contribution in [0.15, 0.2) is 84.3 Å². The molecule has 14 nitrogen and oxygen atoms in total. The van der Waals surface area contributed by atoms with Gasteiger partial charge in [-0.15, -0.1) is 0 Å². The van der Waals surface area contributed by atoms with E-state index in [0.29, 0.717) is 23.9 Å². The Morgan fingerprint density at radius 3 is 1.07 bits per heavy atom. The van der Waals surface area contributed by atoms with Crippen molar-refractivity contribution in [3.8, 4) is 23.0 Å². The van der Waals surface area contributed by atoms with Crippen molar-refractivity contribution in [2.75, 3.05) is 38.0 Å². The van der Waals surface area contributed by atoms with Gasteiger partial charge in [-0.05, 0) is 188 Å². The quantitative estimate of drug-likeness (QED) is 0.0164. The van der Waals surface area contributed by atoms with Crippen molar-refractivity contribution >= 4 is 43.7 Å². The fourth-order valence-electron chi connectivity index (χ4n) is 15.6. The highest BCUT2D eigenvalue weighted by atomic mass is 127. The first-order valence-corrected chi connectivity index (χ1v) is 46.3. The summed E-state index contributed by atoms with van der Waals surface area (Å²) < 4.78 is 7.57. The lowest BCUT2D eigenvalue weighted by Crippen LogP contribution is -3.00. The number of H-pyrrole nitrogens is 1. The first-order chi connectivity index (χ1) is 54.2. The van der Waals surface area contributed by atoms with Crippen LogP contribution < -0.4 is 51.8 Å². The Morgan fingerprint density at radius 2 is 0.690 bits per heavy atom. The lowest BCUT2D eigenvalue weighted by atomic mass is 10.0. The molecule has 0 saturated heterocycles. The van der Waals surface area contributed by atoms with Crippen LogP contribution in [-0.4, -0.2) is 75.8 Å². The molecule has 4 aliphatic rings. The predicted octanol–water partition coefficient (Wildman–Crippen LogP) is 23.4. The minimum Gasteiger partial charge on any atom is -1.00 e. The molecule has 2 N–H and O–H groups in total. The zero-order chi connectivity index (χ0) is 81.3. The molecule has 0 amide bonds. The summed E-state index contributed by atoms with van der Waals surface area (Å²) >= 11 is 3.40. The van der Waals surface area contributed by atoms with Crippen LogP contribution in [0.5, 0.6) is 0 Å². The number of aromatic amines is 1. The topological polar surface area (TPSA) is 162 Å². The van der Waals surface area contributed by atoms with Gasteiger partial charge in [-0.1, -0.05) is 299 Å². The molecular formula is C97H156BrIN10O4. The minimum atomic E-state index is -0.614. The molecule has 0 bridgehead atoms. The molecule has 0 spiro atoms. The molecule has 4 aromatic rings. The number of quaternary nitrogens is 1. The van der Waals surface area contributed by atoms with E-state index in [1.54, 1.807) is 0 Å². The second-order valence-corrected chi connectivity index (χ2v) is 34.0. The minimum absolute atomic E-state index is 0. The number of hydrogen-bond acceptors (Lipinski definition) is 9. The summed E-state index contributed by atoms with van der Waals surface area (Å²) in [6.07, 6.45) is 57.5. The van der Waals surface area contributed by atoms with Crippen molar-refractivity contribution < 1.29 is 28.5 Å². The maximum atomic E-state index is 13.7. The van der Waals surface area contributed by atoms with Crippen LogP contribution in [0.2, 0.25) is 0 Å². The standard InChI is InChI=1S/C37H62N5O2.C28H42N4O2.C24H43N.C8H9Br.HI/c1-7-11-12-13-14-15-16-17-18-19-20-21-22-23-25-40-33-29-31(6)30(5)28-32(33)38-34-35(40)39-37(44)41(36(34)43)26-24-27-42(8-2,9-3)10-4;1-4-5-6-7-8-9-10-11-12-13-14-15-16-17-18-32-24-20-22(3)21(2)19-23(24)29-25-26(32)30-28(34)31-27(25)33;1-4-5-6-7-8-9-10-11-12-13-14-15-16-17-20-25-24-19-18-22(2)23(3)21-24;1-6-3-4-8(9)5-7(6)2;/h28-29H,7-27H2,1-6H3;19-20H,4-18H2,1-3H3,(H,31,33,34);18-19,21,25H,4-17,20H2,1-3H3;3-5H,1-2H3;1H/q+1;;;;/p-1. The van der Waals surface area contributed by atoms with E-state index in [9.17, 15) is 19.2 Å². The second kappa shape index (κ2) is 58.3. The van der Waals surface area contributed by atoms with E-state index in [1.165, 1.54) is 282 Å². The second-order valence-electron chi connectivity index (χ2n) is 33.1. The number of nitrogens with zero attached hydrogens (tertiary/aromatic N) is 8. The molecule has 632 valence electrons. The van der Waals surface area contributed by atoms with Gasteiger partial charge in [-0.25, -0.2) is 19.6 Å². The Kier molecular flexibility index (Phi) is 51.5. The van der Waals surface area contributed by atoms with E-state index in [0.717, 1.165) is 126 Å².